The number of primary amides is 1. The number of rotatable bonds is 7. The van der Waals surface area contributed by atoms with Crippen LogP contribution in [0.2, 0.25) is 0 Å². The van der Waals surface area contributed by atoms with Crippen molar-refractivity contribution in [3.8, 4) is 28.3 Å². The first-order valence-electron chi connectivity index (χ1n) is 9.75. The first kappa shape index (κ1) is 23.4. The van der Waals surface area contributed by atoms with Gasteiger partial charge in [0.15, 0.2) is 0 Å². The molecule has 0 unspecified atom stereocenters. The number of ether oxygens (including phenoxy) is 2. The molecule has 10 nitrogen and oxygen atoms in total. The van der Waals surface area contributed by atoms with E-state index in [4.69, 9.17) is 15.6 Å². The number of methoxy groups -OCH3 is 1. The quantitative estimate of drug-likeness (QED) is 0.427. The largest absolute Gasteiger partial charge is 0.475 e. The lowest BCUT2D eigenvalue weighted by atomic mass is 9.98. The van der Waals surface area contributed by atoms with Crippen molar-refractivity contribution in [3.05, 3.63) is 54.0 Å². The number of aryl methyl sites for hydroxylation is 1. The predicted molar refractivity (Wildman–Crippen MR) is 119 cm³/mol. The third-order valence-corrected chi connectivity index (χ3v) is 4.50. The van der Waals surface area contributed by atoms with Gasteiger partial charge in [-0.3, -0.25) is 5.32 Å². The van der Waals surface area contributed by atoms with Crippen molar-refractivity contribution in [2.24, 2.45) is 5.73 Å². The number of carbonyl (C=O) groups is 2. The zero-order valence-electron chi connectivity index (χ0n) is 17.9. The Morgan fingerprint density at radius 3 is 2.64 bits per heavy atom. The van der Waals surface area contributed by atoms with Gasteiger partial charge in [-0.2, -0.15) is 0 Å². The molecule has 2 heterocycles. The van der Waals surface area contributed by atoms with Gasteiger partial charge in [-0.25, -0.2) is 23.9 Å². The van der Waals surface area contributed by atoms with Gasteiger partial charge < -0.3 is 25.6 Å². The number of nitrogens with one attached hydrogen (secondary N) is 2. The lowest BCUT2D eigenvalue weighted by Crippen LogP contribution is -2.20. The molecule has 0 spiro atoms. The molecule has 0 aliphatic heterocycles. The third kappa shape index (κ3) is 5.92. The number of aromatic nitrogens is 2. The van der Waals surface area contributed by atoms with E-state index >= 15 is 0 Å². The highest BCUT2D eigenvalue weighted by Crippen LogP contribution is 2.33. The summed E-state index contributed by atoms with van der Waals surface area (Å²) in [6.45, 7) is 1.51. The Morgan fingerprint density at radius 1 is 1.15 bits per heavy atom. The highest BCUT2D eigenvalue weighted by molar-refractivity contribution is 5.89. The number of aliphatic hydroxyl groups excluding tert-OH is 1. The van der Waals surface area contributed by atoms with Crippen molar-refractivity contribution >= 4 is 23.6 Å². The zero-order chi connectivity index (χ0) is 24.0. The van der Waals surface area contributed by atoms with Crippen LogP contribution in [0.1, 0.15) is 5.56 Å². The first-order chi connectivity index (χ1) is 15.8. The molecule has 0 aliphatic carbocycles. The standard InChI is InChI=1S/C22H22FN5O5/c1-12-7-16(23)18(27-21(24)30)11-15(12)14-8-17(26-20(10-14)33-6-5-29)13-3-4-25-19(9-13)28-22(31)32-2/h3-4,7-11,29H,5-6H2,1-2H3,(H3,24,27,30)(H,25,28,31). The van der Waals surface area contributed by atoms with Crippen LogP contribution >= 0.6 is 0 Å². The summed E-state index contributed by atoms with van der Waals surface area (Å²) in [7, 11) is 1.24. The monoisotopic (exact) mass is 455 g/mol. The minimum atomic E-state index is -0.895. The van der Waals surface area contributed by atoms with E-state index < -0.39 is 17.9 Å². The topological polar surface area (TPSA) is 149 Å². The normalized spacial score (nSPS) is 10.4. The highest BCUT2D eigenvalue weighted by Gasteiger charge is 2.15. The number of aliphatic hydroxyl groups is 1. The van der Waals surface area contributed by atoms with Crippen LogP contribution < -0.4 is 21.1 Å². The molecule has 33 heavy (non-hydrogen) atoms. The van der Waals surface area contributed by atoms with Crippen molar-refractivity contribution < 1.29 is 28.6 Å². The predicted octanol–water partition coefficient (Wildman–Crippen LogP) is 3.30. The fourth-order valence-corrected chi connectivity index (χ4v) is 3.06. The van der Waals surface area contributed by atoms with Crippen LogP contribution in [0, 0.1) is 12.7 Å². The Balaban J connectivity index is 2.11. The maximum absolute atomic E-state index is 14.3. The van der Waals surface area contributed by atoms with Crippen molar-refractivity contribution in [2.45, 2.75) is 6.92 Å². The second-order valence-corrected chi connectivity index (χ2v) is 6.83. The van der Waals surface area contributed by atoms with Crippen molar-refractivity contribution in [3.63, 3.8) is 0 Å². The molecule has 0 bridgehead atoms. The fourth-order valence-electron chi connectivity index (χ4n) is 3.06. The molecule has 2 aromatic heterocycles. The van der Waals surface area contributed by atoms with Gasteiger partial charge in [0.2, 0.25) is 5.88 Å². The maximum atomic E-state index is 14.3. The lowest BCUT2D eigenvalue weighted by Gasteiger charge is -2.14. The Labute approximate surface area is 188 Å². The van der Waals surface area contributed by atoms with E-state index in [1.807, 2.05) is 0 Å². The minimum Gasteiger partial charge on any atom is -0.475 e. The molecule has 1 aromatic carbocycles. The van der Waals surface area contributed by atoms with Crippen LogP contribution in [-0.2, 0) is 4.74 Å². The Morgan fingerprint density at radius 2 is 1.94 bits per heavy atom. The number of hydrogen-bond acceptors (Lipinski definition) is 7. The van der Waals surface area contributed by atoms with E-state index in [-0.39, 0.29) is 30.6 Å². The molecule has 0 aliphatic rings. The summed E-state index contributed by atoms with van der Waals surface area (Å²) < 4.78 is 24.4. The number of anilines is 2. The molecule has 0 atom stereocenters. The average Bonchev–Trinajstić information content (AvgIpc) is 2.79. The van der Waals surface area contributed by atoms with Gasteiger partial charge in [0.25, 0.3) is 0 Å². The fraction of sp³-hybridized carbons (Fsp3) is 0.182. The number of amides is 3. The number of urea groups is 1. The molecule has 0 radical (unpaired) electrons. The van der Waals surface area contributed by atoms with E-state index in [2.05, 4.69) is 25.3 Å². The molecule has 5 N–H and O–H groups in total. The van der Waals surface area contributed by atoms with Crippen molar-refractivity contribution in [2.75, 3.05) is 31.0 Å². The first-order valence-corrected chi connectivity index (χ1v) is 9.75. The Bertz CT molecular complexity index is 1190. The van der Waals surface area contributed by atoms with Gasteiger partial charge >= 0.3 is 12.1 Å². The van der Waals surface area contributed by atoms with E-state index in [0.29, 0.717) is 27.9 Å². The lowest BCUT2D eigenvalue weighted by molar-refractivity contribution is 0.187. The molecule has 11 heteroatoms. The molecule has 3 aromatic rings. The summed E-state index contributed by atoms with van der Waals surface area (Å²) in [6, 6.07) is 8.48. The molecule has 0 saturated heterocycles. The Hall–Kier alpha value is -4.25. The minimum absolute atomic E-state index is 0.0122. The summed E-state index contributed by atoms with van der Waals surface area (Å²) in [5.74, 6) is -0.173. The SMILES string of the molecule is COC(=O)Nc1cc(-c2cc(-c3cc(NC(N)=O)c(F)cc3C)cc(OCCO)n2)ccn1. The average molecular weight is 455 g/mol. The molecule has 172 valence electrons. The van der Waals surface area contributed by atoms with Gasteiger partial charge in [0.05, 0.1) is 25.1 Å². The van der Waals surface area contributed by atoms with E-state index in [1.165, 1.54) is 25.4 Å². The number of carbonyl (C=O) groups excluding carboxylic acids is 2. The Kier molecular flexibility index (Phi) is 7.36. The summed E-state index contributed by atoms with van der Waals surface area (Å²) in [6.07, 6.45) is 0.811. The molecule has 0 fully saturated rings. The van der Waals surface area contributed by atoms with Gasteiger partial charge in [-0.1, -0.05) is 0 Å². The second-order valence-electron chi connectivity index (χ2n) is 6.83. The van der Waals surface area contributed by atoms with Crippen molar-refractivity contribution in [1.82, 2.24) is 9.97 Å². The number of nitrogens with zero attached hydrogens (tertiary/aromatic N) is 2. The van der Waals surface area contributed by atoms with Crippen LogP contribution in [-0.4, -0.2) is 47.5 Å². The summed E-state index contributed by atoms with van der Waals surface area (Å²) in [5, 5.41) is 13.9. The summed E-state index contributed by atoms with van der Waals surface area (Å²) >= 11 is 0. The molecular weight excluding hydrogens is 433 g/mol. The van der Waals surface area contributed by atoms with Crippen LogP contribution in [0.25, 0.3) is 22.4 Å². The van der Waals surface area contributed by atoms with Gasteiger partial charge in [0.1, 0.15) is 18.2 Å². The zero-order valence-corrected chi connectivity index (χ0v) is 17.9. The number of benzene rings is 1. The van der Waals surface area contributed by atoms with Crippen LogP contribution in [0.5, 0.6) is 5.88 Å². The number of hydrogen-bond donors (Lipinski definition) is 4. The third-order valence-electron chi connectivity index (χ3n) is 4.50. The van der Waals surface area contributed by atoms with Crippen LogP contribution in [0.15, 0.2) is 42.6 Å². The number of nitrogens with two attached hydrogens (primary N) is 1. The van der Waals surface area contributed by atoms with E-state index in [0.717, 1.165) is 0 Å². The van der Waals surface area contributed by atoms with E-state index in [1.54, 1.807) is 31.2 Å². The van der Waals surface area contributed by atoms with Crippen LogP contribution in [0.4, 0.5) is 25.5 Å². The maximum Gasteiger partial charge on any atom is 0.412 e. The van der Waals surface area contributed by atoms with Gasteiger partial charge in [0, 0.05) is 17.8 Å². The number of pyridine rings is 2. The summed E-state index contributed by atoms with van der Waals surface area (Å²) in [5.41, 5.74) is 7.93. The van der Waals surface area contributed by atoms with Gasteiger partial charge in [-0.05, 0) is 53.9 Å². The van der Waals surface area contributed by atoms with E-state index in [9.17, 15) is 14.0 Å². The van der Waals surface area contributed by atoms with Gasteiger partial charge in [-0.15, -0.1) is 0 Å². The molecule has 0 saturated carbocycles. The molecule has 3 amide bonds. The highest BCUT2D eigenvalue weighted by atomic mass is 19.1. The van der Waals surface area contributed by atoms with Crippen LogP contribution in [0.3, 0.4) is 0 Å². The van der Waals surface area contributed by atoms with Crippen molar-refractivity contribution in [1.29, 1.82) is 0 Å². The smallest absolute Gasteiger partial charge is 0.412 e. The second kappa shape index (κ2) is 10.4. The summed E-state index contributed by atoms with van der Waals surface area (Å²) in [4.78, 5) is 31.3. The molecular formula is C22H22FN5O5. The molecule has 3 rings (SSSR count). The number of halogens is 1.